The van der Waals surface area contributed by atoms with E-state index in [-0.39, 0.29) is 23.9 Å². The first-order chi connectivity index (χ1) is 13.3. The minimum absolute atomic E-state index is 0.00791. The number of carbonyl (C=O) groups excluding carboxylic acids is 2. The number of rotatable bonds is 7. The predicted molar refractivity (Wildman–Crippen MR) is 102 cm³/mol. The molecule has 1 aliphatic rings. The molecule has 0 N–H and O–H groups in total. The molecule has 1 saturated heterocycles. The lowest BCUT2D eigenvalue weighted by Gasteiger charge is -2.23. The zero-order valence-electron chi connectivity index (χ0n) is 15.8. The Hall–Kier alpha value is -2.39. The molecular weight excluding hydrogens is 386 g/mol. The predicted octanol–water partition coefficient (Wildman–Crippen LogP) is 1.77. The number of amides is 1. The molecule has 1 aliphatic heterocycles. The van der Waals surface area contributed by atoms with Gasteiger partial charge in [0.15, 0.2) is 16.4 Å². The van der Waals surface area contributed by atoms with E-state index in [0.29, 0.717) is 24.2 Å². The van der Waals surface area contributed by atoms with E-state index in [1.807, 2.05) is 19.1 Å². The summed E-state index contributed by atoms with van der Waals surface area (Å²) < 4.78 is 39.4. The van der Waals surface area contributed by atoms with Gasteiger partial charge in [-0.25, -0.2) is 13.2 Å². The normalized spacial score (nSPS) is 18.3. The van der Waals surface area contributed by atoms with Crippen molar-refractivity contribution >= 4 is 32.7 Å². The highest BCUT2D eigenvalue weighted by atomic mass is 32.2. The largest absolute Gasteiger partial charge is 0.450 e. The molecule has 3 rings (SSSR count). The summed E-state index contributed by atoms with van der Waals surface area (Å²) in [7, 11) is -1.59. The van der Waals surface area contributed by atoms with E-state index in [4.69, 9.17) is 13.9 Å². The number of sulfone groups is 1. The Labute approximate surface area is 163 Å². The minimum Gasteiger partial charge on any atom is -0.450 e. The van der Waals surface area contributed by atoms with Gasteiger partial charge in [0, 0.05) is 30.6 Å². The molecule has 2 heterocycles. The summed E-state index contributed by atoms with van der Waals surface area (Å²) in [6.45, 7) is 2.02. The molecule has 2 aromatic rings. The third kappa shape index (κ3) is 4.36. The van der Waals surface area contributed by atoms with Gasteiger partial charge in [0.1, 0.15) is 5.58 Å². The van der Waals surface area contributed by atoms with Gasteiger partial charge in [-0.05, 0) is 19.4 Å². The maximum Gasteiger partial charge on any atom is 0.375 e. The molecule has 152 valence electrons. The number of furan rings is 1. The second-order valence-corrected chi connectivity index (χ2v) is 8.91. The van der Waals surface area contributed by atoms with Crippen molar-refractivity contribution in [1.82, 2.24) is 4.90 Å². The van der Waals surface area contributed by atoms with Gasteiger partial charge < -0.3 is 18.8 Å². The van der Waals surface area contributed by atoms with E-state index in [2.05, 4.69) is 0 Å². The number of nitrogens with zero attached hydrogens (tertiary/aromatic N) is 1. The van der Waals surface area contributed by atoms with E-state index >= 15 is 0 Å². The quantitative estimate of drug-likeness (QED) is 0.642. The van der Waals surface area contributed by atoms with Crippen molar-refractivity contribution in [3.05, 3.63) is 35.6 Å². The van der Waals surface area contributed by atoms with Crippen molar-refractivity contribution in [3.63, 3.8) is 0 Å². The molecule has 1 fully saturated rings. The Kier molecular flexibility index (Phi) is 6.04. The monoisotopic (exact) mass is 409 g/mol. The molecular formula is C19H23NO7S. The van der Waals surface area contributed by atoms with Gasteiger partial charge in [-0.1, -0.05) is 18.2 Å². The summed E-state index contributed by atoms with van der Waals surface area (Å²) in [5.74, 6) is -1.21. The van der Waals surface area contributed by atoms with Crippen LogP contribution in [0.4, 0.5) is 0 Å². The van der Waals surface area contributed by atoms with Crippen molar-refractivity contribution in [3.8, 4) is 0 Å². The summed E-state index contributed by atoms with van der Waals surface area (Å²) in [4.78, 5) is 26.1. The fourth-order valence-corrected chi connectivity index (χ4v) is 4.96. The van der Waals surface area contributed by atoms with Crippen molar-refractivity contribution in [2.45, 2.75) is 26.0 Å². The maximum atomic E-state index is 12.5. The highest BCUT2D eigenvalue weighted by molar-refractivity contribution is 7.91. The van der Waals surface area contributed by atoms with E-state index in [1.54, 1.807) is 12.1 Å². The first-order valence-electron chi connectivity index (χ1n) is 9.03. The summed E-state index contributed by atoms with van der Waals surface area (Å²) in [5, 5.41) is 0.752. The smallest absolute Gasteiger partial charge is 0.375 e. The van der Waals surface area contributed by atoms with Gasteiger partial charge in [-0.15, -0.1) is 0 Å². The van der Waals surface area contributed by atoms with Crippen LogP contribution in [0.2, 0.25) is 0 Å². The summed E-state index contributed by atoms with van der Waals surface area (Å²) in [6, 6.07) is 6.79. The standard InChI is InChI=1S/C19H23NO7S/c1-3-25-10-15-14-6-4-5-7-16(14)27-18(15)19(22)26-11-17(21)20(2)13-8-9-28(23,24)12-13/h4-7,13H,3,8-12H2,1-2H3/t13-/m0/s1. The van der Waals surface area contributed by atoms with Crippen molar-refractivity contribution in [2.24, 2.45) is 0 Å². The molecule has 0 bridgehead atoms. The van der Waals surface area contributed by atoms with Crippen molar-refractivity contribution in [2.75, 3.05) is 31.8 Å². The summed E-state index contributed by atoms with van der Waals surface area (Å²) in [6.07, 6.45) is 0.389. The molecule has 0 unspecified atom stereocenters. The molecule has 9 heteroatoms. The van der Waals surface area contributed by atoms with Crippen LogP contribution in [0.25, 0.3) is 11.0 Å². The molecule has 1 amide bonds. The molecule has 1 aromatic carbocycles. The van der Waals surface area contributed by atoms with Crippen LogP contribution in [0, 0.1) is 0 Å². The lowest BCUT2D eigenvalue weighted by atomic mass is 10.1. The van der Waals surface area contributed by atoms with Crippen LogP contribution in [0.3, 0.4) is 0 Å². The molecule has 0 aliphatic carbocycles. The van der Waals surface area contributed by atoms with Crippen molar-refractivity contribution < 1.29 is 31.9 Å². The van der Waals surface area contributed by atoms with E-state index in [9.17, 15) is 18.0 Å². The second kappa shape index (κ2) is 8.32. The Morgan fingerprint density at radius 1 is 1.29 bits per heavy atom. The lowest BCUT2D eigenvalue weighted by Crippen LogP contribution is -2.40. The number of fused-ring (bicyclic) bond motifs is 1. The summed E-state index contributed by atoms with van der Waals surface area (Å²) >= 11 is 0. The number of carbonyl (C=O) groups is 2. The summed E-state index contributed by atoms with van der Waals surface area (Å²) in [5.41, 5.74) is 1.11. The zero-order valence-corrected chi connectivity index (χ0v) is 16.7. The van der Waals surface area contributed by atoms with Crippen molar-refractivity contribution in [1.29, 1.82) is 0 Å². The van der Waals surface area contributed by atoms with Gasteiger partial charge in [0.25, 0.3) is 5.91 Å². The molecule has 1 atom stereocenters. The number of para-hydroxylation sites is 1. The zero-order chi connectivity index (χ0) is 20.3. The first-order valence-corrected chi connectivity index (χ1v) is 10.9. The third-order valence-electron chi connectivity index (χ3n) is 4.81. The van der Waals surface area contributed by atoms with Gasteiger partial charge in [0.05, 0.1) is 18.1 Å². The van der Waals surface area contributed by atoms with Crippen LogP contribution in [0.15, 0.2) is 28.7 Å². The number of hydrogen-bond acceptors (Lipinski definition) is 7. The topological polar surface area (TPSA) is 103 Å². The molecule has 0 spiro atoms. The SMILES string of the molecule is CCOCc1c(C(=O)OCC(=O)N(C)[C@H]2CCS(=O)(=O)C2)oc2ccccc12. The molecule has 28 heavy (non-hydrogen) atoms. The number of benzene rings is 1. The van der Waals surface area contributed by atoms with E-state index in [0.717, 1.165) is 5.39 Å². The Balaban J connectivity index is 1.68. The maximum absolute atomic E-state index is 12.5. The van der Waals surface area contributed by atoms with Gasteiger partial charge in [-0.2, -0.15) is 0 Å². The van der Waals surface area contributed by atoms with Crippen LogP contribution in [0.1, 0.15) is 29.5 Å². The van der Waals surface area contributed by atoms with Crippen LogP contribution < -0.4 is 0 Å². The van der Waals surface area contributed by atoms with Gasteiger partial charge >= 0.3 is 5.97 Å². The third-order valence-corrected chi connectivity index (χ3v) is 6.56. The van der Waals surface area contributed by atoms with Gasteiger partial charge in [-0.3, -0.25) is 4.79 Å². The molecule has 8 nitrogen and oxygen atoms in total. The van der Waals surface area contributed by atoms with E-state index in [1.165, 1.54) is 11.9 Å². The fraction of sp³-hybridized carbons (Fsp3) is 0.474. The second-order valence-electron chi connectivity index (χ2n) is 6.68. The average Bonchev–Trinajstić information content (AvgIpc) is 3.23. The number of ether oxygens (including phenoxy) is 2. The minimum atomic E-state index is -3.11. The highest BCUT2D eigenvalue weighted by Gasteiger charge is 2.33. The Morgan fingerprint density at radius 2 is 2.04 bits per heavy atom. The average molecular weight is 409 g/mol. The first kappa shape index (κ1) is 20.3. The van der Waals surface area contributed by atoms with E-state index < -0.39 is 34.4 Å². The number of hydrogen-bond donors (Lipinski definition) is 0. The number of likely N-dealkylation sites (N-methyl/N-ethyl adjacent to an activating group) is 1. The molecule has 1 aromatic heterocycles. The Morgan fingerprint density at radius 3 is 2.71 bits per heavy atom. The number of esters is 1. The van der Waals surface area contributed by atoms with Crippen LogP contribution in [-0.4, -0.2) is 63.0 Å². The Bertz CT molecular complexity index is 979. The molecule has 0 radical (unpaired) electrons. The molecule has 0 saturated carbocycles. The highest BCUT2D eigenvalue weighted by Crippen LogP contribution is 2.27. The van der Waals surface area contributed by atoms with Crippen LogP contribution >= 0.6 is 0 Å². The van der Waals surface area contributed by atoms with Crippen LogP contribution in [0.5, 0.6) is 0 Å². The fourth-order valence-electron chi connectivity index (χ4n) is 3.19. The van der Waals surface area contributed by atoms with Gasteiger partial charge in [0.2, 0.25) is 5.76 Å². The lowest BCUT2D eigenvalue weighted by molar-refractivity contribution is -0.134. The van der Waals surface area contributed by atoms with Crippen LogP contribution in [-0.2, 0) is 30.7 Å².